The van der Waals surface area contributed by atoms with E-state index in [2.05, 4.69) is 206 Å². The summed E-state index contributed by atoms with van der Waals surface area (Å²) < 4.78 is 13.0. The van der Waals surface area contributed by atoms with Crippen LogP contribution in [0.4, 0.5) is 0 Å². The second-order valence-electron chi connectivity index (χ2n) is 17.1. The lowest BCUT2D eigenvalue weighted by Crippen LogP contribution is -2.28. The van der Waals surface area contributed by atoms with E-state index in [4.69, 9.17) is 8.83 Å². The van der Waals surface area contributed by atoms with Crippen LogP contribution in [-0.2, 0) is 5.41 Å². The molecule has 1 aliphatic carbocycles. The van der Waals surface area contributed by atoms with Crippen molar-refractivity contribution in [3.05, 3.63) is 241 Å². The van der Waals surface area contributed by atoms with E-state index < -0.39 is 5.41 Å². The molecular formula is C61H36O2. The minimum atomic E-state index is -0.578. The SMILES string of the molecule is c1ccc(C2(c3ccccc3)c3cc(-c4ccc5c6ccccc6c6ccccc6c5c4)ccc3-c3ccc(-c4ccc5oc6ccc7c8ccccc8oc7c6c5c4)cc32)cc1. The molecule has 292 valence electrons. The van der Waals surface area contributed by atoms with Crippen LogP contribution in [0, 0.1) is 0 Å². The highest BCUT2D eigenvalue weighted by Crippen LogP contribution is 2.57. The molecule has 2 heteroatoms. The van der Waals surface area contributed by atoms with Crippen molar-refractivity contribution in [2.24, 2.45) is 0 Å². The molecule has 0 fully saturated rings. The van der Waals surface area contributed by atoms with Crippen LogP contribution in [0.2, 0.25) is 0 Å². The molecule has 0 unspecified atom stereocenters. The predicted octanol–water partition coefficient (Wildman–Crippen LogP) is 16.6. The molecule has 2 heterocycles. The standard InChI is InChI=1S/C61H36O2/c1-3-13-41(14-4-1)61(42-15-5-2-6-16-42)54-35-39(37-23-27-47-45-19-8-7-17-43(45)44-18-9-10-20-46(44)52(47)33-37)24-28-48(54)49-29-25-40(36-55(49)61)38-26-31-57-53(34-38)59-58(62-57)32-30-51-50-21-11-12-22-56(50)63-60(51)59/h1-36H. The van der Waals surface area contributed by atoms with Crippen molar-refractivity contribution in [3.8, 4) is 33.4 Å². The van der Waals surface area contributed by atoms with Crippen LogP contribution >= 0.6 is 0 Å². The predicted molar refractivity (Wildman–Crippen MR) is 262 cm³/mol. The van der Waals surface area contributed by atoms with Gasteiger partial charge in [0.05, 0.1) is 10.8 Å². The molecule has 0 saturated carbocycles. The minimum absolute atomic E-state index is 0.578. The summed E-state index contributed by atoms with van der Waals surface area (Å²) >= 11 is 0. The normalized spacial score (nSPS) is 13.2. The van der Waals surface area contributed by atoms with Gasteiger partial charge in [0, 0.05) is 16.2 Å². The van der Waals surface area contributed by atoms with Crippen LogP contribution in [0.3, 0.4) is 0 Å². The molecule has 0 radical (unpaired) electrons. The lowest BCUT2D eigenvalue weighted by Gasteiger charge is -2.34. The van der Waals surface area contributed by atoms with Gasteiger partial charge >= 0.3 is 0 Å². The number of hydrogen-bond acceptors (Lipinski definition) is 2. The Kier molecular flexibility index (Phi) is 7.07. The number of furan rings is 2. The van der Waals surface area contributed by atoms with Crippen LogP contribution in [0.25, 0.3) is 110 Å². The van der Waals surface area contributed by atoms with Crippen molar-refractivity contribution in [3.63, 3.8) is 0 Å². The van der Waals surface area contributed by atoms with Crippen molar-refractivity contribution < 1.29 is 8.83 Å². The van der Waals surface area contributed by atoms with Crippen LogP contribution in [0.15, 0.2) is 227 Å². The number of hydrogen-bond donors (Lipinski definition) is 0. The molecule has 63 heavy (non-hydrogen) atoms. The molecule has 13 aromatic rings. The second-order valence-corrected chi connectivity index (χ2v) is 17.1. The number of fused-ring (bicyclic) bond motifs is 16. The molecule has 14 rings (SSSR count). The Morgan fingerprint density at radius 2 is 0.698 bits per heavy atom. The third-order valence-corrected chi connectivity index (χ3v) is 13.9. The summed E-state index contributed by atoms with van der Waals surface area (Å²) in [7, 11) is 0. The summed E-state index contributed by atoms with van der Waals surface area (Å²) in [4.78, 5) is 0. The first kappa shape index (κ1) is 34.5. The molecular weight excluding hydrogens is 765 g/mol. The van der Waals surface area contributed by atoms with Crippen molar-refractivity contribution in [1.29, 1.82) is 0 Å². The number of rotatable bonds is 4. The quantitative estimate of drug-likeness (QED) is 0.166. The fourth-order valence-corrected chi connectivity index (χ4v) is 11.2. The third-order valence-electron chi connectivity index (χ3n) is 13.9. The molecule has 2 nitrogen and oxygen atoms in total. The second kappa shape index (κ2) is 12.9. The Morgan fingerprint density at radius 1 is 0.270 bits per heavy atom. The molecule has 0 spiro atoms. The highest BCUT2D eigenvalue weighted by atomic mass is 16.3. The van der Waals surface area contributed by atoms with Gasteiger partial charge in [-0.25, -0.2) is 0 Å². The van der Waals surface area contributed by atoms with E-state index in [0.717, 1.165) is 55.0 Å². The highest BCUT2D eigenvalue weighted by molar-refractivity contribution is 6.26. The smallest absolute Gasteiger partial charge is 0.147 e. The van der Waals surface area contributed by atoms with Gasteiger partial charge in [0.15, 0.2) is 0 Å². The van der Waals surface area contributed by atoms with Gasteiger partial charge in [-0.3, -0.25) is 0 Å². The molecule has 0 bridgehead atoms. The maximum atomic E-state index is 6.54. The molecule has 11 aromatic carbocycles. The topological polar surface area (TPSA) is 26.3 Å². The summed E-state index contributed by atoms with van der Waals surface area (Å²) in [5.41, 5.74) is 15.1. The average molecular weight is 801 g/mol. The maximum absolute atomic E-state index is 6.54. The van der Waals surface area contributed by atoms with Gasteiger partial charge in [0.1, 0.15) is 22.3 Å². The third kappa shape index (κ3) is 4.78. The molecule has 2 aromatic heterocycles. The van der Waals surface area contributed by atoms with Crippen molar-refractivity contribution in [2.75, 3.05) is 0 Å². The average Bonchev–Trinajstić information content (AvgIpc) is 4.02. The van der Waals surface area contributed by atoms with E-state index in [1.165, 1.54) is 76.8 Å². The largest absolute Gasteiger partial charge is 0.456 e. The van der Waals surface area contributed by atoms with Gasteiger partial charge in [0.25, 0.3) is 0 Å². The summed E-state index contributed by atoms with van der Waals surface area (Å²) in [6.07, 6.45) is 0. The Bertz CT molecular complexity index is 3940. The Hall–Kier alpha value is -8.20. The van der Waals surface area contributed by atoms with Gasteiger partial charge in [-0.15, -0.1) is 0 Å². The minimum Gasteiger partial charge on any atom is -0.456 e. The summed E-state index contributed by atoms with van der Waals surface area (Å²) in [6, 6.07) is 80.2. The van der Waals surface area contributed by atoms with E-state index in [1.54, 1.807) is 0 Å². The van der Waals surface area contributed by atoms with Crippen molar-refractivity contribution in [2.45, 2.75) is 5.41 Å². The first-order valence-corrected chi connectivity index (χ1v) is 21.7. The molecule has 0 saturated heterocycles. The molecule has 0 aliphatic heterocycles. The zero-order valence-corrected chi connectivity index (χ0v) is 34.1. The van der Waals surface area contributed by atoms with E-state index in [-0.39, 0.29) is 0 Å². The lowest BCUT2D eigenvalue weighted by molar-refractivity contribution is 0.663. The summed E-state index contributed by atoms with van der Waals surface area (Å²) in [5, 5.41) is 12.0. The van der Waals surface area contributed by atoms with Crippen LogP contribution in [0.1, 0.15) is 22.3 Å². The molecule has 1 aliphatic rings. The van der Waals surface area contributed by atoms with Crippen LogP contribution in [-0.4, -0.2) is 0 Å². The fraction of sp³-hybridized carbons (Fsp3) is 0.0164. The van der Waals surface area contributed by atoms with Crippen LogP contribution in [0.5, 0.6) is 0 Å². The monoisotopic (exact) mass is 800 g/mol. The fourth-order valence-electron chi connectivity index (χ4n) is 11.2. The summed E-state index contributed by atoms with van der Waals surface area (Å²) in [6.45, 7) is 0. The molecule has 0 N–H and O–H groups in total. The van der Waals surface area contributed by atoms with E-state index in [1.807, 2.05) is 12.1 Å². The Morgan fingerprint density at radius 3 is 1.32 bits per heavy atom. The van der Waals surface area contributed by atoms with Crippen LogP contribution < -0.4 is 0 Å². The molecule has 0 atom stereocenters. The number of para-hydroxylation sites is 1. The first-order chi connectivity index (χ1) is 31.2. The zero-order valence-electron chi connectivity index (χ0n) is 34.1. The van der Waals surface area contributed by atoms with Crippen molar-refractivity contribution >= 4 is 76.2 Å². The molecule has 0 amide bonds. The highest BCUT2D eigenvalue weighted by Gasteiger charge is 2.46. The van der Waals surface area contributed by atoms with Crippen molar-refractivity contribution in [1.82, 2.24) is 0 Å². The van der Waals surface area contributed by atoms with Gasteiger partial charge in [-0.05, 0) is 136 Å². The zero-order chi connectivity index (χ0) is 41.2. The Balaban J connectivity index is 0.993. The maximum Gasteiger partial charge on any atom is 0.147 e. The van der Waals surface area contributed by atoms with E-state index >= 15 is 0 Å². The number of benzene rings is 11. The van der Waals surface area contributed by atoms with E-state index in [9.17, 15) is 0 Å². The van der Waals surface area contributed by atoms with Gasteiger partial charge < -0.3 is 8.83 Å². The van der Waals surface area contributed by atoms with Gasteiger partial charge in [0.2, 0.25) is 0 Å². The van der Waals surface area contributed by atoms with E-state index in [0.29, 0.717) is 0 Å². The van der Waals surface area contributed by atoms with Gasteiger partial charge in [-0.2, -0.15) is 0 Å². The lowest BCUT2D eigenvalue weighted by atomic mass is 9.67. The summed E-state index contributed by atoms with van der Waals surface area (Å²) in [5.74, 6) is 0. The van der Waals surface area contributed by atoms with Gasteiger partial charge in [-0.1, -0.05) is 170 Å². The Labute approximate surface area is 362 Å². The first-order valence-electron chi connectivity index (χ1n) is 21.7.